The highest BCUT2D eigenvalue weighted by molar-refractivity contribution is 7.99. The van der Waals surface area contributed by atoms with Crippen molar-refractivity contribution in [1.29, 1.82) is 0 Å². The standard InChI is InChI=1S/C13H16O3S/c1-9(6-13(14)15)17-8-11-7-10-4-2-3-5-12(10)16-11/h2-5,9,11H,6-8H2,1H3,(H,14,15). The number of carbonyl (C=O) groups is 1. The van der Waals surface area contributed by atoms with Crippen LogP contribution in [0.5, 0.6) is 5.75 Å². The highest BCUT2D eigenvalue weighted by Gasteiger charge is 2.23. The first kappa shape index (κ1) is 12.3. The predicted molar refractivity (Wildman–Crippen MR) is 68.7 cm³/mol. The van der Waals surface area contributed by atoms with Crippen molar-refractivity contribution in [3.8, 4) is 5.75 Å². The lowest BCUT2D eigenvalue weighted by Gasteiger charge is -2.13. The molecule has 3 nitrogen and oxygen atoms in total. The molecule has 0 saturated carbocycles. The van der Waals surface area contributed by atoms with Gasteiger partial charge in [0.25, 0.3) is 0 Å². The monoisotopic (exact) mass is 252 g/mol. The van der Waals surface area contributed by atoms with Crippen LogP contribution in [0.2, 0.25) is 0 Å². The van der Waals surface area contributed by atoms with Crippen molar-refractivity contribution >= 4 is 17.7 Å². The third kappa shape index (κ3) is 3.40. The molecule has 1 aromatic rings. The van der Waals surface area contributed by atoms with Gasteiger partial charge in [-0.05, 0) is 11.6 Å². The molecule has 0 amide bonds. The molecule has 4 heteroatoms. The fourth-order valence-electron chi connectivity index (χ4n) is 1.92. The molecule has 92 valence electrons. The van der Waals surface area contributed by atoms with Crippen LogP contribution in [-0.4, -0.2) is 28.2 Å². The van der Waals surface area contributed by atoms with E-state index in [0.717, 1.165) is 17.9 Å². The summed E-state index contributed by atoms with van der Waals surface area (Å²) in [5, 5.41) is 8.81. The van der Waals surface area contributed by atoms with Gasteiger partial charge in [-0.15, -0.1) is 0 Å². The van der Waals surface area contributed by atoms with Gasteiger partial charge < -0.3 is 9.84 Å². The molecule has 1 aliphatic heterocycles. The predicted octanol–water partition coefficient (Wildman–Crippen LogP) is 2.59. The maximum atomic E-state index is 10.5. The summed E-state index contributed by atoms with van der Waals surface area (Å²) in [7, 11) is 0. The van der Waals surface area contributed by atoms with Gasteiger partial charge in [-0.2, -0.15) is 11.8 Å². The Kier molecular flexibility index (Phi) is 3.94. The number of para-hydroxylation sites is 1. The van der Waals surface area contributed by atoms with Crippen LogP contribution in [0.4, 0.5) is 0 Å². The lowest BCUT2D eigenvalue weighted by atomic mass is 10.1. The lowest BCUT2D eigenvalue weighted by Crippen LogP contribution is -2.18. The highest BCUT2D eigenvalue weighted by Crippen LogP contribution is 2.30. The lowest BCUT2D eigenvalue weighted by molar-refractivity contribution is -0.136. The zero-order valence-electron chi connectivity index (χ0n) is 9.76. The van der Waals surface area contributed by atoms with Crippen molar-refractivity contribution in [3.05, 3.63) is 29.8 Å². The molecule has 1 aliphatic rings. The van der Waals surface area contributed by atoms with Gasteiger partial charge >= 0.3 is 5.97 Å². The van der Waals surface area contributed by atoms with Crippen LogP contribution in [0.1, 0.15) is 18.9 Å². The van der Waals surface area contributed by atoms with E-state index < -0.39 is 5.97 Å². The average Bonchev–Trinajstić information content (AvgIpc) is 2.68. The second-order valence-electron chi connectivity index (χ2n) is 4.29. The van der Waals surface area contributed by atoms with E-state index in [-0.39, 0.29) is 17.8 Å². The Hall–Kier alpha value is -1.16. The number of hydrogen-bond acceptors (Lipinski definition) is 3. The van der Waals surface area contributed by atoms with Gasteiger partial charge in [0.2, 0.25) is 0 Å². The maximum Gasteiger partial charge on any atom is 0.304 e. The summed E-state index contributed by atoms with van der Waals surface area (Å²) in [5.74, 6) is 1.09. The SMILES string of the molecule is CC(CC(=O)O)SCC1Cc2ccccc2O1. The first-order chi connectivity index (χ1) is 8.15. The third-order valence-corrected chi connectivity index (χ3v) is 4.04. The molecule has 1 heterocycles. The van der Waals surface area contributed by atoms with Gasteiger partial charge in [-0.1, -0.05) is 25.1 Å². The number of hydrogen-bond donors (Lipinski definition) is 1. The van der Waals surface area contributed by atoms with Gasteiger partial charge in [0.1, 0.15) is 11.9 Å². The van der Waals surface area contributed by atoms with E-state index in [0.29, 0.717) is 0 Å². The molecule has 17 heavy (non-hydrogen) atoms. The second-order valence-corrected chi connectivity index (χ2v) is 5.76. The first-order valence-corrected chi connectivity index (χ1v) is 6.78. The molecule has 2 atom stereocenters. The largest absolute Gasteiger partial charge is 0.489 e. The van der Waals surface area contributed by atoms with Crippen LogP contribution >= 0.6 is 11.8 Å². The Morgan fingerprint density at radius 2 is 2.35 bits per heavy atom. The Bertz CT molecular complexity index is 380. The van der Waals surface area contributed by atoms with Crippen molar-refractivity contribution in [2.24, 2.45) is 0 Å². The molecular weight excluding hydrogens is 236 g/mol. The van der Waals surface area contributed by atoms with Gasteiger partial charge in [0, 0.05) is 17.4 Å². The Balaban J connectivity index is 1.78. The number of aliphatic carboxylic acids is 1. The molecule has 1 aromatic carbocycles. The number of fused-ring (bicyclic) bond motifs is 1. The number of rotatable bonds is 5. The fraction of sp³-hybridized carbons (Fsp3) is 0.462. The number of benzene rings is 1. The van der Waals surface area contributed by atoms with Crippen molar-refractivity contribution in [2.45, 2.75) is 31.1 Å². The Morgan fingerprint density at radius 1 is 1.59 bits per heavy atom. The molecule has 0 aliphatic carbocycles. The second kappa shape index (κ2) is 5.45. The number of carboxylic acids is 1. The van der Waals surface area contributed by atoms with E-state index in [1.165, 1.54) is 5.56 Å². The minimum atomic E-state index is -0.736. The summed E-state index contributed by atoms with van der Waals surface area (Å²) in [4.78, 5) is 10.5. The summed E-state index contributed by atoms with van der Waals surface area (Å²) in [6.07, 6.45) is 1.33. The van der Waals surface area contributed by atoms with Crippen LogP contribution in [0.25, 0.3) is 0 Å². The van der Waals surface area contributed by atoms with Gasteiger partial charge in [0.15, 0.2) is 0 Å². The van der Waals surface area contributed by atoms with Crippen LogP contribution in [0.15, 0.2) is 24.3 Å². The van der Waals surface area contributed by atoms with Crippen LogP contribution in [-0.2, 0) is 11.2 Å². The molecule has 1 N–H and O–H groups in total. The van der Waals surface area contributed by atoms with E-state index >= 15 is 0 Å². The summed E-state index contributed by atoms with van der Waals surface area (Å²) in [6.45, 7) is 1.95. The van der Waals surface area contributed by atoms with E-state index in [9.17, 15) is 4.79 Å². The molecule has 0 fully saturated rings. The molecule has 0 aromatic heterocycles. The smallest absolute Gasteiger partial charge is 0.304 e. The van der Waals surface area contributed by atoms with E-state index in [2.05, 4.69) is 6.07 Å². The molecule has 0 radical (unpaired) electrons. The molecule has 0 saturated heterocycles. The zero-order chi connectivity index (χ0) is 12.3. The van der Waals surface area contributed by atoms with Crippen LogP contribution in [0, 0.1) is 0 Å². The summed E-state index contributed by atoms with van der Waals surface area (Å²) < 4.78 is 5.79. The topological polar surface area (TPSA) is 46.5 Å². The van der Waals surface area contributed by atoms with Crippen LogP contribution < -0.4 is 4.74 Å². The first-order valence-electron chi connectivity index (χ1n) is 5.73. The third-order valence-electron chi connectivity index (χ3n) is 2.74. The van der Waals surface area contributed by atoms with Crippen molar-refractivity contribution in [2.75, 3.05) is 5.75 Å². The van der Waals surface area contributed by atoms with Crippen molar-refractivity contribution in [1.82, 2.24) is 0 Å². The molecule has 0 bridgehead atoms. The highest BCUT2D eigenvalue weighted by atomic mass is 32.2. The molecule has 2 unspecified atom stereocenters. The van der Waals surface area contributed by atoms with Gasteiger partial charge in [-0.25, -0.2) is 0 Å². The van der Waals surface area contributed by atoms with Crippen LogP contribution in [0.3, 0.4) is 0 Å². The quantitative estimate of drug-likeness (QED) is 0.875. The number of carboxylic acid groups (broad SMARTS) is 1. The average molecular weight is 252 g/mol. The van der Waals surface area contributed by atoms with E-state index in [1.807, 2.05) is 25.1 Å². The fourth-order valence-corrected chi connectivity index (χ4v) is 2.91. The summed E-state index contributed by atoms with van der Waals surface area (Å²) >= 11 is 1.67. The van der Waals surface area contributed by atoms with Crippen molar-refractivity contribution < 1.29 is 14.6 Å². The molecule has 2 rings (SSSR count). The van der Waals surface area contributed by atoms with Gasteiger partial charge in [-0.3, -0.25) is 4.79 Å². The zero-order valence-corrected chi connectivity index (χ0v) is 10.6. The number of ether oxygens (including phenoxy) is 1. The van der Waals surface area contributed by atoms with E-state index in [4.69, 9.17) is 9.84 Å². The Labute approximate surface area is 105 Å². The minimum Gasteiger partial charge on any atom is -0.489 e. The number of thioether (sulfide) groups is 1. The maximum absolute atomic E-state index is 10.5. The van der Waals surface area contributed by atoms with E-state index in [1.54, 1.807) is 11.8 Å². The molecular formula is C13H16O3S. The summed E-state index contributed by atoms with van der Waals surface area (Å²) in [5.41, 5.74) is 1.25. The van der Waals surface area contributed by atoms with Gasteiger partial charge in [0.05, 0.1) is 6.42 Å². The summed E-state index contributed by atoms with van der Waals surface area (Å²) in [6, 6.07) is 8.06. The minimum absolute atomic E-state index is 0.139. The Morgan fingerprint density at radius 3 is 3.06 bits per heavy atom. The normalized spacial score (nSPS) is 19.5. The molecule has 0 spiro atoms. The van der Waals surface area contributed by atoms with Crippen molar-refractivity contribution in [3.63, 3.8) is 0 Å².